The molecule has 1 aromatic rings. The van der Waals surface area contributed by atoms with Gasteiger partial charge in [-0.15, -0.1) is 24.0 Å². The highest BCUT2D eigenvalue weighted by Gasteiger charge is 2.32. The van der Waals surface area contributed by atoms with Crippen molar-refractivity contribution in [3.05, 3.63) is 22.7 Å². The second-order valence-corrected chi connectivity index (χ2v) is 8.95. The minimum absolute atomic E-state index is 0. The number of guanidine groups is 1. The lowest BCUT2D eigenvalue weighted by Gasteiger charge is -2.21. The summed E-state index contributed by atoms with van der Waals surface area (Å²) < 4.78 is 11.5. The number of rotatable bonds is 5. The molecule has 4 rings (SSSR count). The van der Waals surface area contributed by atoms with Crippen LogP contribution in [0.15, 0.2) is 17.1 Å². The number of aliphatic imine (C=N–C) groups is 1. The van der Waals surface area contributed by atoms with Crippen molar-refractivity contribution in [3.8, 4) is 11.5 Å². The lowest BCUT2D eigenvalue weighted by molar-refractivity contribution is -0.134. The molecule has 3 aliphatic rings. The zero-order valence-corrected chi connectivity index (χ0v) is 21.8. The second-order valence-electron chi connectivity index (χ2n) is 8.55. The Labute approximate surface area is 212 Å². The Bertz CT molecular complexity index is 817. The van der Waals surface area contributed by atoms with Crippen LogP contribution >= 0.6 is 35.6 Å². The van der Waals surface area contributed by atoms with E-state index in [9.17, 15) is 4.79 Å². The molecule has 1 amide bonds. The van der Waals surface area contributed by atoms with Crippen molar-refractivity contribution in [3.63, 3.8) is 0 Å². The van der Waals surface area contributed by atoms with Gasteiger partial charge in [0.2, 0.25) is 5.91 Å². The monoisotopic (exact) mass is 576 g/mol. The van der Waals surface area contributed by atoms with Crippen LogP contribution in [0.1, 0.15) is 51.0 Å². The highest BCUT2D eigenvalue weighted by atomic mass is 127. The fourth-order valence-corrected chi connectivity index (χ4v) is 4.86. The summed E-state index contributed by atoms with van der Waals surface area (Å²) in [5.74, 6) is 2.64. The number of hydrogen-bond acceptors (Lipinski definition) is 4. The SMILES string of the molecule is CCNC(=NCc1cc(Cl)c2c(c1)OCCCO2)NC1CCN(C(=O)C2CCCC2)C1.I. The van der Waals surface area contributed by atoms with E-state index in [1.165, 1.54) is 12.8 Å². The van der Waals surface area contributed by atoms with Gasteiger partial charge < -0.3 is 25.0 Å². The van der Waals surface area contributed by atoms with Gasteiger partial charge in [0.05, 0.1) is 24.8 Å². The van der Waals surface area contributed by atoms with Gasteiger partial charge in [0.15, 0.2) is 17.5 Å². The summed E-state index contributed by atoms with van der Waals surface area (Å²) in [4.78, 5) is 19.5. The maximum atomic E-state index is 12.7. The van der Waals surface area contributed by atoms with Gasteiger partial charge in [-0.05, 0) is 43.9 Å². The van der Waals surface area contributed by atoms with Gasteiger partial charge >= 0.3 is 0 Å². The van der Waals surface area contributed by atoms with Crippen LogP contribution in [-0.4, -0.2) is 55.7 Å². The van der Waals surface area contributed by atoms with E-state index in [1.54, 1.807) is 0 Å². The Morgan fingerprint density at radius 2 is 1.97 bits per heavy atom. The van der Waals surface area contributed by atoms with Crippen molar-refractivity contribution >= 4 is 47.4 Å². The molecule has 2 fully saturated rings. The smallest absolute Gasteiger partial charge is 0.225 e. The van der Waals surface area contributed by atoms with Gasteiger partial charge in [0.25, 0.3) is 0 Å². The van der Waals surface area contributed by atoms with Crippen molar-refractivity contribution in [2.75, 3.05) is 32.8 Å². The maximum Gasteiger partial charge on any atom is 0.225 e. The van der Waals surface area contributed by atoms with Crippen LogP contribution in [0.25, 0.3) is 0 Å². The largest absolute Gasteiger partial charge is 0.489 e. The van der Waals surface area contributed by atoms with Gasteiger partial charge in [-0.1, -0.05) is 24.4 Å². The fraction of sp³-hybridized carbons (Fsp3) is 0.652. The molecule has 1 aromatic carbocycles. The Hall–Kier alpha value is -1.42. The van der Waals surface area contributed by atoms with Crippen LogP contribution in [0.5, 0.6) is 11.5 Å². The summed E-state index contributed by atoms with van der Waals surface area (Å²) in [5.41, 5.74) is 0.968. The van der Waals surface area contributed by atoms with E-state index >= 15 is 0 Å². The fourth-order valence-electron chi connectivity index (χ4n) is 4.57. The number of halogens is 2. The number of ether oxygens (including phenoxy) is 2. The molecule has 0 spiro atoms. The Kier molecular flexibility index (Phi) is 9.58. The summed E-state index contributed by atoms with van der Waals surface area (Å²) in [6, 6.07) is 4.06. The molecule has 32 heavy (non-hydrogen) atoms. The van der Waals surface area contributed by atoms with E-state index in [-0.39, 0.29) is 35.9 Å². The van der Waals surface area contributed by atoms with E-state index in [2.05, 4.69) is 10.6 Å². The van der Waals surface area contributed by atoms with Crippen molar-refractivity contribution in [1.82, 2.24) is 15.5 Å². The molecule has 0 aromatic heterocycles. The topological polar surface area (TPSA) is 75.2 Å². The zero-order valence-electron chi connectivity index (χ0n) is 18.7. The molecule has 0 radical (unpaired) electrons. The average molecular weight is 577 g/mol. The van der Waals surface area contributed by atoms with E-state index in [0.717, 1.165) is 56.8 Å². The molecular formula is C23H34ClIN4O3. The van der Waals surface area contributed by atoms with Crippen LogP contribution in [0, 0.1) is 5.92 Å². The Morgan fingerprint density at radius 3 is 2.75 bits per heavy atom. The third-order valence-electron chi connectivity index (χ3n) is 6.17. The summed E-state index contributed by atoms with van der Waals surface area (Å²) in [7, 11) is 0. The first-order valence-electron chi connectivity index (χ1n) is 11.6. The minimum Gasteiger partial charge on any atom is -0.489 e. The highest BCUT2D eigenvalue weighted by molar-refractivity contribution is 14.0. The van der Waals surface area contributed by atoms with Crippen molar-refractivity contribution in [1.29, 1.82) is 0 Å². The summed E-state index contributed by atoms with van der Waals surface area (Å²) in [6.07, 6.45) is 6.26. The molecule has 2 aliphatic heterocycles. The number of amides is 1. The van der Waals surface area contributed by atoms with Crippen LogP contribution in [0.3, 0.4) is 0 Å². The Balaban J connectivity index is 0.00000289. The number of benzene rings is 1. The van der Waals surface area contributed by atoms with E-state index in [1.807, 2.05) is 24.0 Å². The maximum absolute atomic E-state index is 12.7. The number of nitrogens with one attached hydrogen (secondary N) is 2. The first kappa shape index (κ1) is 25.2. The first-order valence-corrected chi connectivity index (χ1v) is 11.9. The molecular weight excluding hydrogens is 543 g/mol. The quantitative estimate of drug-likeness (QED) is 0.315. The molecule has 7 nitrogen and oxygen atoms in total. The Morgan fingerprint density at radius 1 is 1.19 bits per heavy atom. The van der Waals surface area contributed by atoms with Gasteiger partial charge in [-0.2, -0.15) is 0 Å². The van der Waals surface area contributed by atoms with Crippen LogP contribution in [0.2, 0.25) is 5.02 Å². The number of nitrogens with zero attached hydrogens (tertiary/aromatic N) is 2. The standard InChI is InChI=1S/C23H33ClN4O3.HI/c1-2-25-23(27-18-8-9-28(15-18)22(29)17-6-3-4-7-17)26-14-16-12-19(24)21-20(13-16)30-10-5-11-31-21;/h12-13,17-18H,2-11,14-15H2,1H3,(H2,25,26,27);1H. The lowest BCUT2D eigenvalue weighted by Crippen LogP contribution is -2.45. The third kappa shape index (κ3) is 6.34. The number of fused-ring (bicyclic) bond motifs is 1. The molecule has 1 saturated heterocycles. The van der Waals surface area contributed by atoms with Gasteiger partial charge in [-0.25, -0.2) is 4.99 Å². The molecule has 1 saturated carbocycles. The van der Waals surface area contributed by atoms with E-state index < -0.39 is 0 Å². The number of carbonyl (C=O) groups is 1. The number of likely N-dealkylation sites (tertiary alicyclic amines) is 1. The zero-order chi connectivity index (χ0) is 21.6. The molecule has 1 unspecified atom stereocenters. The summed E-state index contributed by atoms with van der Waals surface area (Å²) in [6.45, 7) is 6.10. The molecule has 178 valence electrons. The van der Waals surface area contributed by atoms with Crippen molar-refractivity contribution in [2.24, 2.45) is 10.9 Å². The van der Waals surface area contributed by atoms with Crippen LogP contribution in [-0.2, 0) is 11.3 Å². The van der Waals surface area contributed by atoms with Gasteiger partial charge in [-0.3, -0.25) is 4.79 Å². The average Bonchev–Trinajstić information content (AvgIpc) is 3.40. The predicted molar refractivity (Wildman–Crippen MR) is 137 cm³/mol. The van der Waals surface area contributed by atoms with Gasteiger partial charge in [0.1, 0.15) is 0 Å². The molecule has 2 heterocycles. The molecule has 9 heteroatoms. The predicted octanol–water partition coefficient (Wildman–Crippen LogP) is 3.97. The van der Waals surface area contributed by atoms with Crippen LogP contribution < -0.4 is 20.1 Å². The number of hydrogen-bond donors (Lipinski definition) is 2. The van der Waals surface area contributed by atoms with Crippen molar-refractivity contribution in [2.45, 2.75) is 58.0 Å². The lowest BCUT2D eigenvalue weighted by atomic mass is 10.1. The first-order chi connectivity index (χ1) is 15.1. The van der Waals surface area contributed by atoms with E-state index in [0.29, 0.717) is 42.2 Å². The van der Waals surface area contributed by atoms with Gasteiger partial charge in [0, 0.05) is 38.0 Å². The summed E-state index contributed by atoms with van der Waals surface area (Å²) >= 11 is 6.41. The molecule has 2 N–H and O–H groups in total. The van der Waals surface area contributed by atoms with Crippen LogP contribution in [0.4, 0.5) is 0 Å². The summed E-state index contributed by atoms with van der Waals surface area (Å²) in [5, 5.41) is 7.37. The number of carbonyl (C=O) groups excluding carboxylic acids is 1. The van der Waals surface area contributed by atoms with E-state index in [4.69, 9.17) is 26.1 Å². The third-order valence-corrected chi connectivity index (χ3v) is 6.45. The molecule has 1 atom stereocenters. The highest BCUT2D eigenvalue weighted by Crippen LogP contribution is 2.38. The molecule has 0 bridgehead atoms. The second kappa shape index (κ2) is 12.2. The van der Waals surface area contributed by atoms with Crippen molar-refractivity contribution < 1.29 is 14.3 Å². The minimum atomic E-state index is 0. The normalized spacial score (nSPS) is 21.1. The molecule has 1 aliphatic carbocycles.